The molecule has 0 spiro atoms. The second-order valence-electron chi connectivity index (χ2n) is 1.02. The van der Waals surface area contributed by atoms with Gasteiger partial charge in [0.05, 0.1) is 5.38 Å². The minimum absolute atomic E-state index is 0.176. The van der Waals surface area contributed by atoms with Gasteiger partial charge in [-0.2, -0.15) is 0 Å². The Morgan fingerprint density at radius 1 is 2.00 bits per heavy atom. The summed E-state index contributed by atoms with van der Waals surface area (Å²) >= 11 is 5.35. The van der Waals surface area contributed by atoms with Crippen LogP contribution in [-0.4, -0.2) is 5.38 Å². The van der Waals surface area contributed by atoms with Gasteiger partial charge in [0.25, 0.3) is 0 Å². The monoisotopic (exact) mass is 101 g/mol. The summed E-state index contributed by atoms with van der Waals surface area (Å²) in [5, 5.41) is -0.176. The Hall–Kier alpha value is -0.150. The zero-order chi connectivity index (χ0) is 4.99. The Morgan fingerprint density at radius 2 is 2.50 bits per heavy atom. The number of alkyl halides is 1. The first-order valence-corrected chi connectivity index (χ1v) is 2.31. The molecule has 0 heterocycles. The van der Waals surface area contributed by atoms with Gasteiger partial charge in [0, 0.05) is 0 Å². The minimum atomic E-state index is -0.176. The third kappa shape index (κ3) is 2.11. The maximum atomic E-state index is 6.43. The van der Waals surface area contributed by atoms with Gasteiger partial charge in [0.1, 0.15) is 0 Å². The smallest absolute Gasteiger partial charge is 0.0950 e. The van der Waals surface area contributed by atoms with Crippen LogP contribution in [0.5, 0.6) is 0 Å². The van der Waals surface area contributed by atoms with Gasteiger partial charge in [-0.1, -0.05) is 12.8 Å². The molecule has 0 bridgehead atoms. The molecular weight excluding hydrogens is 95.5 g/mol. The lowest BCUT2D eigenvalue weighted by Gasteiger charge is -1.87. The Labute approximate surface area is 43.5 Å². The molecule has 1 heteroatoms. The third-order valence-corrected chi connectivity index (χ3v) is 0.933. The molecule has 6 heavy (non-hydrogen) atoms. The summed E-state index contributed by atoms with van der Waals surface area (Å²) in [6.45, 7) is 1.92. The van der Waals surface area contributed by atoms with Crippen LogP contribution in [0.3, 0.4) is 0 Å². The molecule has 0 nitrogen and oxygen atoms in total. The van der Waals surface area contributed by atoms with Gasteiger partial charge in [-0.05, 0) is 12.8 Å². The van der Waals surface area contributed by atoms with E-state index in [-0.39, 0.29) is 5.38 Å². The van der Waals surface area contributed by atoms with Crippen LogP contribution in [0.4, 0.5) is 0 Å². The fraction of sp³-hybridized carbons (Fsp3) is 0.600. The molecule has 0 aromatic heterocycles. The summed E-state index contributed by atoms with van der Waals surface area (Å²) in [6, 6.07) is 0. The first kappa shape index (κ1) is 5.85. The molecule has 1 radical (unpaired) electrons. The molecule has 0 aromatic carbocycles. The molecule has 0 aliphatic carbocycles. The SMILES string of the molecule is [C]#CC(Cl)CC. The first-order valence-electron chi connectivity index (χ1n) is 1.87. The highest BCUT2D eigenvalue weighted by molar-refractivity contribution is 6.22. The molecule has 1 atom stereocenters. The van der Waals surface area contributed by atoms with Crippen molar-refractivity contribution in [2.45, 2.75) is 18.7 Å². The van der Waals surface area contributed by atoms with Crippen LogP contribution in [0.1, 0.15) is 13.3 Å². The normalized spacial score (nSPS) is 12.8. The van der Waals surface area contributed by atoms with Crippen molar-refractivity contribution >= 4 is 11.6 Å². The maximum Gasteiger partial charge on any atom is 0.0950 e. The summed E-state index contributed by atoms with van der Waals surface area (Å²) in [5.74, 6) is 2.13. The highest BCUT2D eigenvalue weighted by Gasteiger charge is 1.88. The number of hydrogen-bond acceptors (Lipinski definition) is 0. The molecule has 0 N–H and O–H groups in total. The third-order valence-electron chi connectivity index (χ3n) is 0.515. The van der Waals surface area contributed by atoms with Crippen LogP contribution >= 0.6 is 11.6 Å². The molecule has 0 fully saturated rings. The quantitative estimate of drug-likeness (QED) is 0.348. The van der Waals surface area contributed by atoms with E-state index >= 15 is 0 Å². The van der Waals surface area contributed by atoms with Gasteiger partial charge in [0.15, 0.2) is 0 Å². The summed E-state index contributed by atoms with van der Waals surface area (Å²) in [6.07, 6.45) is 7.22. The van der Waals surface area contributed by atoms with Gasteiger partial charge in [0.2, 0.25) is 0 Å². The van der Waals surface area contributed by atoms with E-state index in [9.17, 15) is 0 Å². The summed E-state index contributed by atoms with van der Waals surface area (Å²) in [5.41, 5.74) is 0. The molecule has 33 valence electrons. The van der Waals surface area contributed by atoms with E-state index in [2.05, 4.69) is 5.92 Å². The topological polar surface area (TPSA) is 0 Å². The van der Waals surface area contributed by atoms with Gasteiger partial charge >= 0.3 is 0 Å². The molecule has 0 rings (SSSR count). The van der Waals surface area contributed by atoms with E-state index in [1.54, 1.807) is 0 Å². The molecule has 0 saturated heterocycles. The largest absolute Gasteiger partial charge is 0.109 e. The molecule has 0 amide bonds. The van der Waals surface area contributed by atoms with Crippen LogP contribution in [0.15, 0.2) is 0 Å². The van der Waals surface area contributed by atoms with E-state index in [0.29, 0.717) is 0 Å². The maximum absolute atomic E-state index is 6.43. The second-order valence-corrected chi connectivity index (χ2v) is 1.55. The van der Waals surface area contributed by atoms with E-state index in [4.69, 9.17) is 18.0 Å². The van der Waals surface area contributed by atoms with Crippen LogP contribution in [0.25, 0.3) is 0 Å². The second kappa shape index (κ2) is 3.06. The fourth-order valence-electron chi connectivity index (χ4n) is 0.102. The summed E-state index contributed by atoms with van der Waals surface area (Å²) in [7, 11) is 0. The van der Waals surface area contributed by atoms with Crippen LogP contribution in [-0.2, 0) is 0 Å². The standard InChI is InChI=1S/C5H6Cl/c1-3-5(6)4-2/h5H,3H2,1H3. The Morgan fingerprint density at radius 3 is 2.50 bits per heavy atom. The van der Waals surface area contributed by atoms with Crippen molar-refractivity contribution < 1.29 is 0 Å². The van der Waals surface area contributed by atoms with Crippen molar-refractivity contribution in [1.29, 1.82) is 0 Å². The average Bonchev–Trinajstić information content (AvgIpc) is 1.65. The first-order chi connectivity index (χ1) is 2.81. The van der Waals surface area contributed by atoms with Gasteiger partial charge in [-0.3, -0.25) is 0 Å². The number of hydrogen-bond donors (Lipinski definition) is 0. The van der Waals surface area contributed by atoms with Crippen molar-refractivity contribution in [3.05, 3.63) is 6.42 Å². The Kier molecular flexibility index (Phi) is 2.98. The highest BCUT2D eigenvalue weighted by Crippen LogP contribution is 1.95. The molecule has 0 aromatic rings. The molecule has 0 aliphatic rings. The zero-order valence-corrected chi connectivity index (χ0v) is 4.42. The van der Waals surface area contributed by atoms with Crippen LogP contribution < -0.4 is 0 Å². The molecule has 1 unspecified atom stereocenters. The van der Waals surface area contributed by atoms with Gasteiger partial charge in [-0.15, -0.1) is 11.6 Å². The van der Waals surface area contributed by atoms with Crippen LogP contribution in [0, 0.1) is 12.3 Å². The van der Waals surface area contributed by atoms with E-state index in [1.807, 2.05) is 6.92 Å². The molecule has 0 saturated carbocycles. The average molecular weight is 102 g/mol. The summed E-state index contributed by atoms with van der Waals surface area (Å²) in [4.78, 5) is 0. The Balaban J connectivity index is 3.04. The minimum Gasteiger partial charge on any atom is -0.109 e. The number of halogens is 1. The Bertz CT molecular complexity index is 60.8. The lowest BCUT2D eigenvalue weighted by molar-refractivity contribution is 0.990. The van der Waals surface area contributed by atoms with Crippen molar-refractivity contribution in [3.8, 4) is 5.92 Å². The van der Waals surface area contributed by atoms with E-state index < -0.39 is 0 Å². The van der Waals surface area contributed by atoms with E-state index in [0.717, 1.165) is 6.42 Å². The van der Waals surface area contributed by atoms with Crippen molar-refractivity contribution in [3.63, 3.8) is 0 Å². The zero-order valence-electron chi connectivity index (χ0n) is 3.66. The van der Waals surface area contributed by atoms with Gasteiger partial charge in [-0.25, -0.2) is 0 Å². The molecule has 0 aliphatic heterocycles. The van der Waals surface area contributed by atoms with Crippen molar-refractivity contribution in [1.82, 2.24) is 0 Å². The predicted molar refractivity (Wildman–Crippen MR) is 27.1 cm³/mol. The fourth-order valence-corrected chi connectivity index (χ4v) is 0.102. The van der Waals surface area contributed by atoms with Gasteiger partial charge < -0.3 is 0 Å². The van der Waals surface area contributed by atoms with Crippen molar-refractivity contribution in [2.75, 3.05) is 0 Å². The lowest BCUT2D eigenvalue weighted by atomic mass is 10.3. The van der Waals surface area contributed by atoms with Crippen molar-refractivity contribution in [2.24, 2.45) is 0 Å². The lowest BCUT2D eigenvalue weighted by Crippen LogP contribution is -1.86. The summed E-state index contributed by atoms with van der Waals surface area (Å²) < 4.78 is 0. The number of rotatable bonds is 1. The van der Waals surface area contributed by atoms with Crippen LogP contribution in [0.2, 0.25) is 0 Å². The predicted octanol–water partition coefficient (Wildman–Crippen LogP) is 1.59. The molecular formula is C5H6Cl. The van der Waals surface area contributed by atoms with E-state index in [1.165, 1.54) is 0 Å². The highest BCUT2D eigenvalue weighted by atomic mass is 35.5.